The number of fused-ring (bicyclic) bond motifs is 1. The van der Waals surface area contributed by atoms with Gasteiger partial charge in [0.25, 0.3) is 0 Å². The van der Waals surface area contributed by atoms with E-state index in [0.29, 0.717) is 13.2 Å². The molecule has 23 heavy (non-hydrogen) atoms. The van der Waals surface area contributed by atoms with Crippen LogP contribution in [0.4, 0.5) is 0 Å². The molecule has 1 saturated heterocycles. The maximum Gasteiger partial charge on any atom is 0.124 e. The summed E-state index contributed by atoms with van der Waals surface area (Å²) in [6.07, 6.45) is 5.12. The van der Waals surface area contributed by atoms with Crippen LogP contribution in [0.25, 0.3) is 0 Å². The number of methoxy groups -OCH3 is 1. The monoisotopic (exact) mass is 319 g/mol. The summed E-state index contributed by atoms with van der Waals surface area (Å²) in [5.74, 6) is 2.57. The van der Waals surface area contributed by atoms with Crippen LogP contribution in [0.5, 0.6) is 5.75 Å². The number of likely N-dealkylation sites (tertiary alicyclic amines) is 1. The predicted molar refractivity (Wildman–Crippen MR) is 90.5 cm³/mol. The van der Waals surface area contributed by atoms with Gasteiger partial charge in [-0.3, -0.25) is 0 Å². The van der Waals surface area contributed by atoms with Gasteiger partial charge in [0.1, 0.15) is 5.75 Å². The van der Waals surface area contributed by atoms with Crippen molar-refractivity contribution in [1.82, 2.24) is 4.90 Å². The van der Waals surface area contributed by atoms with Crippen LogP contribution in [0.15, 0.2) is 24.3 Å². The average molecular weight is 319 g/mol. The van der Waals surface area contributed by atoms with Gasteiger partial charge in [-0.05, 0) is 30.7 Å². The third kappa shape index (κ3) is 4.46. The van der Waals surface area contributed by atoms with Crippen molar-refractivity contribution in [2.24, 2.45) is 11.8 Å². The molecule has 1 saturated carbocycles. The second kappa shape index (κ2) is 8.13. The van der Waals surface area contributed by atoms with E-state index in [1.165, 1.54) is 25.7 Å². The number of para-hydroxylation sites is 1. The molecule has 3 rings (SSSR count). The van der Waals surface area contributed by atoms with Crippen molar-refractivity contribution in [3.8, 4) is 5.75 Å². The predicted octanol–water partition coefficient (Wildman–Crippen LogP) is 2.69. The van der Waals surface area contributed by atoms with Gasteiger partial charge in [0.15, 0.2) is 0 Å². The normalized spacial score (nSPS) is 26.0. The van der Waals surface area contributed by atoms with E-state index in [1.54, 1.807) is 7.11 Å². The highest BCUT2D eigenvalue weighted by Crippen LogP contribution is 2.35. The smallest absolute Gasteiger partial charge is 0.124 e. The lowest BCUT2D eigenvalue weighted by atomic mass is 9.82. The Labute approximate surface area is 139 Å². The van der Waals surface area contributed by atoms with Crippen molar-refractivity contribution < 1.29 is 14.6 Å². The molecular formula is C19H29NO3. The standard InChI is InChI=1S/C19H29NO3/c1-22-19-9-5-4-8-17(19)13-23-14-18(21)12-20-10-15-6-2-3-7-16(15)11-20/h4-5,8-9,15-16,18,21H,2-3,6-7,10-14H2,1H3. The van der Waals surface area contributed by atoms with Crippen LogP contribution in [0.3, 0.4) is 0 Å². The first-order valence-corrected chi connectivity index (χ1v) is 8.86. The summed E-state index contributed by atoms with van der Waals surface area (Å²) in [4.78, 5) is 2.43. The van der Waals surface area contributed by atoms with Crippen LogP contribution >= 0.6 is 0 Å². The number of benzene rings is 1. The summed E-state index contributed by atoms with van der Waals surface area (Å²) in [6.45, 7) is 3.91. The van der Waals surface area contributed by atoms with E-state index < -0.39 is 6.10 Å². The minimum Gasteiger partial charge on any atom is -0.496 e. The molecule has 0 aromatic heterocycles. The molecular weight excluding hydrogens is 290 g/mol. The molecule has 3 atom stereocenters. The molecule has 1 aliphatic heterocycles. The Kier molecular flexibility index (Phi) is 5.92. The van der Waals surface area contributed by atoms with Gasteiger partial charge in [-0.2, -0.15) is 0 Å². The molecule has 2 aliphatic rings. The maximum atomic E-state index is 10.2. The topological polar surface area (TPSA) is 41.9 Å². The molecule has 0 spiro atoms. The quantitative estimate of drug-likeness (QED) is 0.839. The number of hydrogen-bond donors (Lipinski definition) is 1. The van der Waals surface area contributed by atoms with Gasteiger partial charge in [-0.15, -0.1) is 0 Å². The summed E-state index contributed by atoms with van der Waals surface area (Å²) in [5, 5.41) is 10.2. The number of β-amino-alcohol motifs (C(OH)–C–C–N with tert-alkyl or cyclic N) is 1. The zero-order chi connectivity index (χ0) is 16.1. The molecule has 128 valence electrons. The Bertz CT molecular complexity index is 479. The molecule has 0 bridgehead atoms. The molecule has 3 unspecified atom stereocenters. The Morgan fingerprint density at radius 3 is 2.57 bits per heavy atom. The summed E-state index contributed by atoms with van der Waals surface area (Å²) >= 11 is 0. The number of aliphatic hydroxyl groups is 1. The van der Waals surface area contributed by atoms with Gasteiger partial charge >= 0.3 is 0 Å². The third-order valence-electron chi connectivity index (χ3n) is 5.28. The fourth-order valence-electron chi connectivity index (χ4n) is 4.13. The fourth-order valence-corrected chi connectivity index (χ4v) is 4.13. The Balaban J connectivity index is 1.39. The van der Waals surface area contributed by atoms with Crippen molar-refractivity contribution in [3.63, 3.8) is 0 Å². The van der Waals surface area contributed by atoms with Crippen molar-refractivity contribution in [2.75, 3.05) is 33.4 Å². The highest BCUT2D eigenvalue weighted by atomic mass is 16.5. The first-order chi connectivity index (χ1) is 11.3. The average Bonchev–Trinajstić information content (AvgIpc) is 2.97. The Morgan fingerprint density at radius 1 is 1.17 bits per heavy atom. The van der Waals surface area contributed by atoms with E-state index >= 15 is 0 Å². The molecule has 1 aromatic rings. The zero-order valence-corrected chi connectivity index (χ0v) is 14.1. The minimum atomic E-state index is -0.412. The number of ether oxygens (including phenoxy) is 2. The summed E-state index contributed by atoms with van der Waals surface area (Å²) in [7, 11) is 1.67. The molecule has 1 aromatic carbocycles. The number of rotatable bonds is 7. The lowest BCUT2D eigenvalue weighted by Crippen LogP contribution is -2.33. The second-order valence-corrected chi connectivity index (χ2v) is 7.00. The van der Waals surface area contributed by atoms with Crippen LogP contribution < -0.4 is 4.74 Å². The van der Waals surface area contributed by atoms with Crippen LogP contribution in [-0.2, 0) is 11.3 Å². The zero-order valence-electron chi connectivity index (χ0n) is 14.1. The summed E-state index contributed by atoms with van der Waals surface area (Å²) < 4.78 is 11.0. The SMILES string of the molecule is COc1ccccc1COCC(O)CN1CC2CCCCC2C1. The van der Waals surface area contributed by atoms with E-state index in [0.717, 1.165) is 42.8 Å². The minimum absolute atomic E-state index is 0.379. The summed E-state index contributed by atoms with van der Waals surface area (Å²) in [6, 6.07) is 7.85. The lowest BCUT2D eigenvalue weighted by Gasteiger charge is -2.23. The number of nitrogens with zero attached hydrogens (tertiary/aromatic N) is 1. The molecule has 0 amide bonds. The van der Waals surface area contributed by atoms with E-state index in [9.17, 15) is 5.11 Å². The van der Waals surface area contributed by atoms with Crippen molar-refractivity contribution >= 4 is 0 Å². The van der Waals surface area contributed by atoms with Crippen LogP contribution in [0, 0.1) is 11.8 Å². The number of hydrogen-bond acceptors (Lipinski definition) is 4. The highest BCUT2D eigenvalue weighted by Gasteiger charge is 2.34. The first-order valence-electron chi connectivity index (χ1n) is 8.86. The van der Waals surface area contributed by atoms with E-state index in [1.807, 2.05) is 24.3 Å². The van der Waals surface area contributed by atoms with Gasteiger partial charge in [0, 0.05) is 25.2 Å². The van der Waals surface area contributed by atoms with Crippen molar-refractivity contribution in [1.29, 1.82) is 0 Å². The second-order valence-electron chi connectivity index (χ2n) is 7.00. The molecule has 0 radical (unpaired) electrons. The van der Waals surface area contributed by atoms with E-state index in [-0.39, 0.29) is 0 Å². The van der Waals surface area contributed by atoms with Gasteiger partial charge in [-0.25, -0.2) is 0 Å². The van der Waals surface area contributed by atoms with E-state index in [2.05, 4.69) is 4.90 Å². The van der Waals surface area contributed by atoms with Crippen LogP contribution in [0.2, 0.25) is 0 Å². The van der Waals surface area contributed by atoms with Gasteiger partial charge in [-0.1, -0.05) is 31.0 Å². The number of aliphatic hydroxyl groups excluding tert-OH is 1. The Hall–Kier alpha value is -1.10. The van der Waals surface area contributed by atoms with Crippen LogP contribution in [0.1, 0.15) is 31.2 Å². The third-order valence-corrected chi connectivity index (χ3v) is 5.28. The fraction of sp³-hybridized carbons (Fsp3) is 0.684. The maximum absolute atomic E-state index is 10.2. The molecule has 1 aliphatic carbocycles. The molecule has 2 fully saturated rings. The van der Waals surface area contributed by atoms with Gasteiger partial charge < -0.3 is 19.5 Å². The van der Waals surface area contributed by atoms with Crippen LogP contribution in [-0.4, -0.2) is 49.5 Å². The largest absolute Gasteiger partial charge is 0.496 e. The molecule has 1 N–H and O–H groups in total. The Morgan fingerprint density at radius 2 is 1.87 bits per heavy atom. The van der Waals surface area contributed by atoms with Crippen molar-refractivity contribution in [3.05, 3.63) is 29.8 Å². The molecule has 4 heteroatoms. The molecule has 1 heterocycles. The summed E-state index contributed by atoms with van der Waals surface area (Å²) in [5.41, 5.74) is 1.02. The van der Waals surface area contributed by atoms with E-state index in [4.69, 9.17) is 9.47 Å². The van der Waals surface area contributed by atoms with Crippen molar-refractivity contribution in [2.45, 2.75) is 38.4 Å². The molecule has 4 nitrogen and oxygen atoms in total. The van der Waals surface area contributed by atoms with Gasteiger partial charge in [0.2, 0.25) is 0 Å². The lowest BCUT2D eigenvalue weighted by molar-refractivity contribution is 0.0121. The highest BCUT2D eigenvalue weighted by molar-refractivity contribution is 5.32. The van der Waals surface area contributed by atoms with Gasteiger partial charge in [0.05, 0.1) is 26.4 Å². The first kappa shape index (κ1) is 16.7.